The molecule has 0 amide bonds. The SMILES string of the molecule is COP(=O)(O)ON.COP(=O)(OC)ON.COP(=O)(ON)OP(=O)([O-])O. The van der Waals surface area contributed by atoms with E-state index in [1.54, 1.807) is 0 Å². The Morgan fingerprint density at radius 1 is 0.692 bits per heavy atom. The number of nitrogens with two attached hydrogens (primary N) is 3. The summed E-state index contributed by atoms with van der Waals surface area (Å²) < 4.78 is 71.6. The van der Waals surface area contributed by atoms with Crippen molar-refractivity contribution in [1.82, 2.24) is 0 Å². The van der Waals surface area contributed by atoms with Gasteiger partial charge in [-0.05, 0) is 0 Å². The quantitative estimate of drug-likeness (QED) is 0.198. The van der Waals surface area contributed by atoms with Gasteiger partial charge in [0.25, 0.3) is 7.82 Å². The lowest BCUT2D eigenvalue weighted by molar-refractivity contribution is -0.212. The highest BCUT2D eigenvalue weighted by Crippen LogP contribution is 2.57. The van der Waals surface area contributed by atoms with Crippen molar-refractivity contribution in [3.8, 4) is 0 Å². The summed E-state index contributed by atoms with van der Waals surface area (Å²) in [5.41, 5.74) is 0. The fraction of sp³-hybridized carbons (Fsp3) is 1.00. The zero-order valence-corrected chi connectivity index (χ0v) is 17.3. The summed E-state index contributed by atoms with van der Waals surface area (Å²) in [6.45, 7) is 0. The Morgan fingerprint density at radius 2 is 1.04 bits per heavy atom. The van der Waals surface area contributed by atoms with E-state index in [2.05, 4.69) is 54.0 Å². The van der Waals surface area contributed by atoms with Crippen LogP contribution in [0.4, 0.5) is 0 Å². The van der Waals surface area contributed by atoms with E-state index >= 15 is 0 Å². The largest absolute Gasteiger partial charge is 0.756 e. The van der Waals surface area contributed by atoms with Gasteiger partial charge in [-0.3, -0.25) is 22.7 Å². The second kappa shape index (κ2) is 14.4. The van der Waals surface area contributed by atoms with Crippen molar-refractivity contribution in [3.63, 3.8) is 0 Å². The predicted octanol–water partition coefficient (Wildman–Crippen LogP) is -0.990. The molecular formula is C4H20N3O15P4-. The first kappa shape index (κ1) is 31.1. The summed E-state index contributed by atoms with van der Waals surface area (Å²) in [7, 11) is -12.6. The summed E-state index contributed by atoms with van der Waals surface area (Å²) in [5.74, 6) is 13.1. The number of phosphoric acid groups is 4. The molecule has 0 aromatic rings. The van der Waals surface area contributed by atoms with Crippen molar-refractivity contribution in [1.29, 1.82) is 0 Å². The normalized spacial score (nSPS) is 18.1. The molecule has 0 saturated heterocycles. The average molecular weight is 474 g/mol. The van der Waals surface area contributed by atoms with Crippen molar-refractivity contribution in [2.75, 3.05) is 28.4 Å². The highest BCUT2D eigenvalue weighted by Gasteiger charge is 2.29. The van der Waals surface area contributed by atoms with Crippen LogP contribution < -0.4 is 22.6 Å². The highest BCUT2D eigenvalue weighted by molar-refractivity contribution is 7.60. The first-order valence-electron chi connectivity index (χ1n) is 5.30. The molecule has 0 aromatic heterocycles. The zero-order valence-electron chi connectivity index (χ0n) is 13.7. The topological polar surface area (TPSA) is 284 Å². The van der Waals surface area contributed by atoms with E-state index in [-0.39, 0.29) is 0 Å². The maximum atomic E-state index is 10.6. The molecule has 0 spiro atoms. The van der Waals surface area contributed by atoms with E-state index in [0.29, 0.717) is 0 Å². The monoisotopic (exact) mass is 474 g/mol. The molecular weight excluding hydrogens is 454 g/mol. The third kappa shape index (κ3) is 17.8. The van der Waals surface area contributed by atoms with E-state index in [4.69, 9.17) is 9.79 Å². The maximum Gasteiger partial charge on any atom is 0.497 e. The van der Waals surface area contributed by atoms with Crippen LogP contribution in [0.5, 0.6) is 0 Å². The van der Waals surface area contributed by atoms with E-state index in [1.807, 2.05) is 0 Å². The van der Waals surface area contributed by atoms with Gasteiger partial charge in [-0.25, -0.2) is 49.6 Å². The number of hydrogen-bond donors (Lipinski definition) is 5. The molecule has 0 rings (SSSR count). The van der Waals surface area contributed by atoms with Gasteiger partial charge in [0.15, 0.2) is 0 Å². The van der Waals surface area contributed by atoms with Gasteiger partial charge in [-0.1, -0.05) is 0 Å². The average Bonchev–Trinajstić information content (AvgIpc) is 2.60. The lowest BCUT2D eigenvalue weighted by atomic mass is 11.8. The molecule has 26 heavy (non-hydrogen) atoms. The summed E-state index contributed by atoms with van der Waals surface area (Å²) in [4.78, 5) is 26.1. The van der Waals surface area contributed by atoms with Gasteiger partial charge in [0.2, 0.25) is 0 Å². The van der Waals surface area contributed by atoms with Crippen LogP contribution in [0.25, 0.3) is 0 Å². The van der Waals surface area contributed by atoms with Gasteiger partial charge < -0.3 is 14.7 Å². The molecule has 8 N–H and O–H groups in total. The van der Waals surface area contributed by atoms with Crippen LogP contribution in [0.15, 0.2) is 0 Å². The van der Waals surface area contributed by atoms with E-state index in [9.17, 15) is 23.2 Å². The van der Waals surface area contributed by atoms with Crippen molar-refractivity contribution < 1.29 is 69.2 Å². The number of rotatable bonds is 9. The third-order valence-corrected chi connectivity index (χ3v) is 5.71. The molecule has 3 atom stereocenters. The first-order valence-corrected chi connectivity index (χ1v) is 11.2. The summed E-state index contributed by atoms with van der Waals surface area (Å²) in [6.07, 6.45) is 0. The van der Waals surface area contributed by atoms with Crippen molar-refractivity contribution in [2.24, 2.45) is 17.7 Å². The van der Waals surface area contributed by atoms with Crippen LogP contribution in [0.1, 0.15) is 0 Å². The Morgan fingerprint density at radius 3 is 1.08 bits per heavy atom. The molecule has 0 aliphatic carbocycles. The highest BCUT2D eigenvalue weighted by atomic mass is 31.3. The Hall–Kier alpha value is 0.360. The Kier molecular flexibility index (Phi) is 17.2. The van der Waals surface area contributed by atoms with Gasteiger partial charge in [-0.15, -0.1) is 0 Å². The molecule has 18 nitrogen and oxygen atoms in total. The standard InChI is InChI=1S/C2H8NO4P.CH7NO7P2.CH6NO4P/c1-5-8(4,6-2)7-3;1-7-11(6,8-2)9-10(3,4)5;1-5-7(3,4)6-2/h3H2,1-2H3;2H2,1H3,(H2,3,4,5);2H2,1H3,(H,3,4)/p-1. The fourth-order valence-corrected chi connectivity index (χ4v) is 2.35. The summed E-state index contributed by atoms with van der Waals surface area (Å²) in [6, 6.07) is 0. The van der Waals surface area contributed by atoms with Crippen LogP contribution in [-0.2, 0) is 54.5 Å². The smallest absolute Gasteiger partial charge is 0.497 e. The Balaban J connectivity index is -0.000000315. The lowest BCUT2D eigenvalue weighted by Crippen LogP contribution is -2.07. The van der Waals surface area contributed by atoms with Crippen LogP contribution in [0, 0.1) is 0 Å². The van der Waals surface area contributed by atoms with Crippen molar-refractivity contribution in [2.45, 2.75) is 0 Å². The zero-order chi connectivity index (χ0) is 21.7. The van der Waals surface area contributed by atoms with Crippen LogP contribution in [-0.4, -0.2) is 38.2 Å². The van der Waals surface area contributed by atoms with Gasteiger partial charge >= 0.3 is 23.5 Å². The molecule has 0 heterocycles. The fourth-order valence-electron chi connectivity index (χ4n) is 0.426. The van der Waals surface area contributed by atoms with Gasteiger partial charge in [0.1, 0.15) is 0 Å². The lowest BCUT2D eigenvalue weighted by Gasteiger charge is -2.19. The molecule has 0 radical (unpaired) electrons. The van der Waals surface area contributed by atoms with Crippen molar-refractivity contribution in [3.05, 3.63) is 0 Å². The van der Waals surface area contributed by atoms with E-state index in [0.717, 1.165) is 14.2 Å². The minimum absolute atomic E-state index is 0.837. The maximum absolute atomic E-state index is 10.6. The van der Waals surface area contributed by atoms with Gasteiger partial charge in [0.05, 0.1) is 0 Å². The van der Waals surface area contributed by atoms with Gasteiger partial charge in [0, 0.05) is 28.4 Å². The van der Waals surface area contributed by atoms with E-state index < -0.39 is 31.3 Å². The summed E-state index contributed by atoms with van der Waals surface area (Å²) >= 11 is 0. The molecule has 0 fully saturated rings. The second-order valence-corrected chi connectivity index (χ2v) is 9.37. The predicted molar refractivity (Wildman–Crippen MR) is 79.8 cm³/mol. The molecule has 162 valence electrons. The first-order chi connectivity index (χ1) is 11.6. The molecule has 22 heteroatoms. The molecule has 0 aliphatic heterocycles. The second-order valence-electron chi connectivity index (χ2n) is 2.96. The van der Waals surface area contributed by atoms with E-state index in [1.165, 1.54) is 14.2 Å². The Bertz CT molecular complexity index is 514. The molecule has 0 aliphatic rings. The van der Waals surface area contributed by atoms with Crippen LogP contribution >= 0.6 is 31.3 Å². The number of phosphoric ester groups is 2. The third-order valence-electron chi connectivity index (χ3n) is 1.50. The molecule has 3 unspecified atom stereocenters. The molecule has 0 aromatic carbocycles. The van der Waals surface area contributed by atoms with Gasteiger partial charge in [-0.2, -0.15) is 0 Å². The minimum atomic E-state index is -5.16. The van der Waals surface area contributed by atoms with Crippen molar-refractivity contribution >= 4 is 31.3 Å². The van der Waals surface area contributed by atoms with Crippen LogP contribution in [0.3, 0.4) is 0 Å². The minimum Gasteiger partial charge on any atom is -0.756 e. The summed E-state index contributed by atoms with van der Waals surface area (Å²) in [5, 5.41) is 0. The Labute approximate surface area is 147 Å². The molecule has 0 saturated carbocycles. The van der Waals surface area contributed by atoms with Crippen LogP contribution in [0.2, 0.25) is 0 Å². The number of hydrogen-bond acceptors (Lipinski definition) is 16. The molecule has 0 bridgehead atoms.